The molecule has 5 nitrogen and oxygen atoms in total. The van der Waals surface area contributed by atoms with Gasteiger partial charge in [-0.25, -0.2) is 4.79 Å². The first-order valence-electron chi connectivity index (χ1n) is 7.64. The van der Waals surface area contributed by atoms with Gasteiger partial charge in [0.15, 0.2) is 11.3 Å². The van der Waals surface area contributed by atoms with E-state index in [1.807, 2.05) is 0 Å². The van der Waals surface area contributed by atoms with Crippen LogP contribution in [-0.2, 0) is 9.53 Å². The second-order valence-electron chi connectivity index (χ2n) is 5.65. The molecule has 2 aromatic rings. The number of carbonyl (C=O) groups is 2. The van der Waals surface area contributed by atoms with Gasteiger partial charge in [-0.1, -0.05) is 46.4 Å². The summed E-state index contributed by atoms with van der Waals surface area (Å²) in [4.78, 5) is 26.3. The molecular weight excluding hydrogens is 446 g/mol. The van der Waals surface area contributed by atoms with Gasteiger partial charge in [-0.2, -0.15) is 5.26 Å². The first-order chi connectivity index (χ1) is 13.1. The Morgan fingerprint density at radius 2 is 1.43 bits per heavy atom. The highest BCUT2D eigenvalue weighted by atomic mass is 35.5. The maximum absolute atomic E-state index is 12.7. The number of nitriles is 1. The Bertz CT molecular complexity index is 1030. The topological polar surface area (TPSA) is 70.4 Å². The molecule has 144 valence electrons. The molecule has 0 saturated heterocycles. The second-order valence-corrected chi connectivity index (χ2v) is 7.34. The Balaban J connectivity index is 2.67. The minimum absolute atomic E-state index is 0.0422. The molecule has 28 heavy (non-hydrogen) atoms. The van der Waals surface area contributed by atoms with Crippen molar-refractivity contribution >= 4 is 64.0 Å². The summed E-state index contributed by atoms with van der Waals surface area (Å²) in [6, 6.07) is 10.3. The molecule has 1 amide bonds. The first-order valence-corrected chi connectivity index (χ1v) is 9.15. The number of halogens is 4. The standard InChI is InChI=1S/C19H12Cl4N2O3/c1-25(2)18(26)14(9-24)17(12-7-10(20)3-5-15(12)22)28-19(27)13-8-11(21)4-6-16(13)23/h3-8H,1-2H3. The van der Waals surface area contributed by atoms with E-state index in [2.05, 4.69) is 0 Å². The van der Waals surface area contributed by atoms with Crippen molar-refractivity contribution in [2.45, 2.75) is 0 Å². The monoisotopic (exact) mass is 456 g/mol. The number of esters is 1. The van der Waals surface area contributed by atoms with Crippen molar-refractivity contribution in [2.24, 2.45) is 0 Å². The van der Waals surface area contributed by atoms with Gasteiger partial charge in [0.1, 0.15) is 6.07 Å². The minimum Gasteiger partial charge on any atom is -0.421 e. The van der Waals surface area contributed by atoms with Gasteiger partial charge in [0.2, 0.25) is 0 Å². The van der Waals surface area contributed by atoms with Crippen molar-refractivity contribution in [2.75, 3.05) is 14.1 Å². The minimum atomic E-state index is -0.919. The van der Waals surface area contributed by atoms with Gasteiger partial charge >= 0.3 is 5.97 Å². The zero-order chi connectivity index (χ0) is 21.0. The Morgan fingerprint density at radius 1 is 0.929 bits per heavy atom. The Kier molecular flexibility index (Phi) is 7.34. The summed E-state index contributed by atoms with van der Waals surface area (Å²) in [5.41, 5.74) is -0.368. The van der Waals surface area contributed by atoms with Crippen molar-refractivity contribution in [1.82, 2.24) is 4.90 Å². The molecule has 0 spiro atoms. The van der Waals surface area contributed by atoms with Gasteiger partial charge in [-0.05, 0) is 36.4 Å². The van der Waals surface area contributed by atoms with E-state index in [-0.39, 0.29) is 37.0 Å². The van der Waals surface area contributed by atoms with Crippen molar-refractivity contribution < 1.29 is 14.3 Å². The highest BCUT2D eigenvalue weighted by molar-refractivity contribution is 6.36. The number of carbonyl (C=O) groups excluding carboxylic acids is 2. The Hall–Kier alpha value is -2.23. The smallest absolute Gasteiger partial charge is 0.345 e. The number of ether oxygens (including phenoxy) is 1. The third-order valence-corrected chi connectivity index (χ3v) is 4.60. The van der Waals surface area contributed by atoms with Crippen LogP contribution in [0.4, 0.5) is 0 Å². The van der Waals surface area contributed by atoms with E-state index in [1.54, 1.807) is 6.07 Å². The van der Waals surface area contributed by atoms with Crippen LogP contribution in [0.2, 0.25) is 20.1 Å². The van der Waals surface area contributed by atoms with Crippen LogP contribution in [-0.4, -0.2) is 30.9 Å². The number of nitrogens with zero attached hydrogens (tertiary/aromatic N) is 2. The SMILES string of the molecule is CN(C)C(=O)C(C#N)=C(OC(=O)c1cc(Cl)ccc1Cl)c1cc(Cl)ccc1Cl. The normalized spacial score (nSPS) is 11.3. The second kappa shape index (κ2) is 9.31. The molecule has 2 rings (SSSR count). The molecule has 0 aliphatic heterocycles. The van der Waals surface area contributed by atoms with Gasteiger partial charge in [0, 0.05) is 29.7 Å². The lowest BCUT2D eigenvalue weighted by molar-refractivity contribution is -0.124. The molecule has 0 radical (unpaired) electrons. The van der Waals surface area contributed by atoms with Crippen LogP contribution in [0.1, 0.15) is 15.9 Å². The Labute approximate surface area is 181 Å². The molecule has 0 unspecified atom stereocenters. The average Bonchev–Trinajstić information content (AvgIpc) is 2.65. The summed E-state index contributed by atoms with van der Waals surface area (Å²) in [6.45, 7) is 0. The molecule has 0 saturated carbocycles. The number of benzene rings is 2. The first kappa shape index (κ1) is 22.1. The fourth-order valence-electron chi connectivity index (χ4n) is 2.13. The van der Waals surface area contributed by atoms with Crippen molar-refractivity contribution in [3.8, 4) is 6.07 Å². The van der Waals surface area contributed by atoms with Crippen LogP contribution in [0.3, 0.4) is 0 Å². The van der Waals surface area contributed by atoms with Gasteiger partial charge in [0.05, 0.1) is 15.6 Å². The highest BCUT2D eigenvalue weighted by Gasteiger charge is 2.26. The maximum atomic E-state index is 12.7. The number of hydrogen-bond acceptors (Lipinski definition) is 4. The van der Waals surface area contributed by atoms with E-state index in [0.717, 1.165) is 4.90 Å². The number of amides is 1. The van der Waals surface area contributed by atoms with E-state index in [4.69, 9.17) is 51.1 Å². The zero-order valence-electron chi connectivity index (χ0n) is 14.6. The van der Waals surface area contributed by atoms with Crippen LogP contribution in [0, 0.1) is 11.3 Å². The molecular formula is C19H12Cl4N2O3. The average molecular weight is 458 g/mol. The van der Waals surface area contributed by atoms with E-state index in [1.165, 1.54) is 50.5 Å². The lowest BCUT2D eigenvalue weighted by atomic mass is 10.1. The molecule has 0 heterocycles. The molecule has 0 aromatic heterocycles. The highest BCUT2D eigenvalue weighted by Crippen LogP contribution is 2.32. The van der Waals surface area contributed by atoms with Crippen LogP contribution in [0.15, 0.2) is 42.0 Å². The van der Waals surface area contributed by atoms with Gasteiger partial charge in [-0.15, -0.1) is 0 Å². The molecule has 2 aromatic carbocycles. The predicted molar refractivity (Wildman–Crippen MR) is 110 cm³/mol. The summed E-state index contributed by atoms with van der Waals surface area (Å²) in [5.74, 6) is -1.94. The Morgan fingerprint density at radius 3 is 1.93 bits per heavy atom. The predicted octanol–water partition coefficient (Wildman–Crippen LogP) is 5.48. The summed E-state index contributed by atoms with van der Waals surface area (Å²) in [5, 5.41) is 10.3. The molecule has 0 N–H and O–H groups in total. The van der Waals surface area contributed by atoms with Crippen LogP contribution < -0.4 is 0 Å². The van der Waals surface area contributed by atoms with Crippen molar-refractivity contribution in [3.05, 3.63) is 73.2 Å². The summed E-state index contributed by atoms with van der Waals surface area (Å²) in [7, 11) is 2.90. The van der Waals surface area contributed by atoms with Gasteiger partial charge in [0.25, 0.3) is 5.91 Å². The van der Waals surface area contributed by atoms with E-state index >= 15 is 0 Å². The fraction of sp³-hybridized carbons (Fsp3) is 0.105. The lowest BCUT2D eigenvalue weighted by Crippen LogP contribution is -2.24. The van der Waals surface area contributed by atoms with Crippen LogP contribution >= 0.6 is 46.4 Å². The molecule has 0 aliphatic carbocycles. The largest absolute Gasteiger partial charge is 0.421 e. The van der Waals surface area contributed by atoms with Crippen molar-refractivity contribution in [1.29, 1.82) is 5.26 Å². The third kappa shape index (κ3) is 4.98. The quantitative estimate of drug-likeness (QED) is 0.264. The van der Waals surface area contributed by atoms with Crippen LogP contribution in [0.25, 0.3) is 5.76 Å². The maximum Gasteiger partial charge on any atom is 0.345 e. The van der Waals surface area contributed by atoms with Crippen molar-refractivity contribution in [3.63, 3.8) is 0 Å². The molecule has 0 atom stereocenters. The third-order valence-electron chi connectivity index (χ3n) is 3.48. The number of likely N-dealkylation sites (N-methyl/N-ethyl adjacent to an activating group) is 1. The molecule has 0 fully saturated rings. The fourth-order valence-corrected chi connectivity index (χ4v) is 2.88. The van der Waals surface area contributed by atoms with E-state index < -0.39 is 17.4 Å². The summed E-state index contributed by atoms with van der Waals surface area (Å²) >= 11 is 24.2. The number of rotatable bonds is 4. The lowest BCUT2D eigenvalue weighted by Gasteiger charge is -2.16. The summed E-state index contributed by atoms with van der Waals surface area (Å²) < 4.78 is 5.40. The summed E-state index contributed by atoms with van der Waals surface area (Å²) in [6.07, 6.45) is 0. The van der Waals surface area contributed by atoms with Gasteiger partial charge in [-0.3, -0.25) is 4.79 Å². The molecule has 0 aliphatic rings. The molecule has 0 bridgehead atoms. The number of hydrogen-bond donors (Lipinski definition) is 0. The van der Waals surface area contributed by atoms with Crippen LogP contribution in [0.5, 0.6) is 0 Å². The van der Waals surface area contributed by atoms with E-state index in [9.17, 15) is 14.9 Å². The van der Waals surface area contributed by atoms with E-state index in [0.29, 0.717) is 0 Å². The molecule has 9 heteroatoms. The zero-order valence-corrected chi connectivity index (χ0v) is 17.6. The van der Waals surface area contributed by atoms with Gasteiger partial charge < -0.3 is 9.64 Å².